The Kier molecular flexibility index (Phi) is 13.3. The van der Waals surface area contributed by atoms with Crippen molar-refractivity contribution in [3.8, 4) is 0 Å². The van der Waals surface area contributed by atoms with E-state index in [4.69, 9.17) is 0 Å². The maximum Gasteiger partial charge on any atom is -0.0126 e. The molecule has 0 amide bonds. The van der Waals surface area contributed by atoms with Gasteiger partial charge in [-0.1, -0.05) is 160 Å². The van der Waals surface area contributed by atoms with Gasteiger partial charge in [0, 0.05) is 0 Å². The molecule has 0 spiro atoms. The highest BCUT2D eigenvalue weighted by molar-refractivity contribution is 5.53. The highest BCUT2D eigenvalue weighted by atomic mass is 14.3. The van der Waals surface area contributed by atoms with E-state index < -0.39 is 0 Å². The number of fused-ring (bicyclic) bond motifs is 2. The Bertz CT molecular complexity index is 1460. The van der Waals surface area contributed by atoms with Crippen molar-refractivity contribution in [3.05, 3.63) is 103 Å². The average Bonchev–Trinajstić information content (AvgIpc) is 3.62. The molecule has 0 heteroatoms. The summed E-state index contributed by atoms with van der Waals surface area (Å²) in [5.41, 5.74) is 19.9. The van der Waals surface area contributed by atoms with E-state index in [0.29, 0.717) is 29.1 Å². The van der Waals surface area contributed by atoms with Crippen LogP contribution in [0.15, 0.2) is 36.4 Å². The first-order valence-electron chi connectivity index (χ1n) is 19.9. The lowest BCUT2D eigenvalue weighted by atomic mass is 9.75. The van der Waals surface area contributed by atoms with Crippen molar-refractivity contribution in [3.63, 3.8) is 0 Å². The zero-order chi connectivity index (χ0) is 37.2. The molecule has 3 aromatic rings. The fraction of sp³-hybridized carbons (Fsp3) is 0.633. The Morgan fingerprint density at radius 1 is 0.429 bits per heavy atom. The second-order valence-corrected chi connectivity index (χ2v) is 19.7. The molecule has 0 radical (unpaired) electrons. The topological polar surface area (TPSA) is 0 Å². The van der Waals surface area contributed by atoms with Crippen molar-refractivity contribution in [2.45, 2.75) is 203 Å². The lowest BCUT2D eigenvalue weighted by Gasteiger charge is -2.30. The van der Waals surface area contributed by atoms with Gasteiger partial charge >= 0.3 is 0 Å². The van der Waals surface area contributed by atoms with Gasteiger partial charge in [0.2, 0.25) is 0 Å². The fourth-order valence-electron chi connectivity index (χ4n) is 8.76. The molecular weight excluding hydrogens is 589 g/mol. The summed E-state index contributed by atoms with van der Waals surface area (Å²) >= 11 is 0. The van der Waals surface area contributed by atoms with Crippen LogP contribution in [0.5, 0.6) is 0 Å². The van der Waals surface area contributed by atoms with Gasteiger partial charge in [0.1, 0.15) is 0 Å². The molecule has 2 aliphatic carbocycles. The molecule has 3 aromatic carbocycles. The quantitative estimate of drug-likeness (QED) is 0.260. The molecular formula is C49H76. The van der Waals surface area contributed by atoms with E-state index >= 15 is 0 Å². The molecule has 0 saturated heterocycles. The fourth-order valence-corrected chi connectivity index (χ4v) is 8.76. The second-order valence-electron chi connectivity index (χ2n) is 19.7. The largest absolute Gasteiger partial charge is 0.0617 e. The van der Waals surface area contributed by atoms with E-state index in [2.05, 4.69) is 161 Å². The minimum absolute atomic E-state index is 0.229. The number of aryl methyl sites for hydroxylation is 3. The van der Waals surface area contributed by atoms with E-state index in [-0.39, 0.29) is 10.8 Å². The normalized spacial score (nSPS) is 14.6. The number of hydrogen-bond acceptors (Lipinski definition) is 0. The Morgan fingerprint density at radius 2 is 0.755 bits per heavy atom. The van der Waals surface area contributed by atoms with Crippen LogP contribution in [0.2, 0.25) is 0 Å². The summed E-state index contributed by atoms with van der Waals surface area (Å²) < 4.78 is 0. The zero-order valence-corrected chi connectivity index (χ0v) is 35.5. The van der Waals surface area contributed by atoms with Gasteiger partial charge in [-0.05, 0) is 147 Å². The summed E-state index contributed by atoms with van der Waals surface area (Å²) in [5, 5.41) is 0. The molecule has 49 heavy (non-hydrogen) atoms. The van der Waals surface area contributed by atoms with Crippen LogP contribution < -0.4 is 0 Å². The van der Waals surface area contributed by atoms with Gasteiger partial charge < -0.3 is 0 Å². The molecule has 0 nitrogen and oxygen atoms in total. The van der Waals surface area contributed by atoms with Crippen molar-refractivity contribution >= 4 is 0 Å². The first-order valence-corrected chi connectivity index (χ1v) is 19.9. The van der Waals surface area contributed by atoms with Gasteiger partial charge in [-0.3, -0.25) is 0 Å². The zero-order valence-electron chi connectivity index (χ0n) is 35.5. The van der Waals surface area contributed by atoms with E-state index in [1.165, 1.54) is 66.3 Å². The van der Waals surface area contributed by atoms with Gasteiger partial charge in [-0.25, -0.2) is 0 Å². The van der Waals surface area contributed by atoms with Crippen molar-refractivity contribution in [1.29, 1.82) is 0 Å². The second kappa shape index (κ2) is 15.9. The number of rotatable bonds is 4. The van der Waals surface area contributed by atoms with E-state index in [0.717, 1.165) is 0 Å². The van der Waals surface area contributed by atoms with Gasteiger partial charge in [0.15, 0.2) is 0 Å². The van der Waals surface area contributed by atoms with Crippen LogP contribution in [0, 0.1) is 6.92 Å². The molecule has 0 bridgehead atoms. The number of hydrogen-bond donors (Lipinski definition) is 0. The molecule has 5 rings (SSSR count). The summed E-state index contributed by atoms with van der Waals surface area (Å²) in [5.74, 6) is 2.41. The lowest BCUT2D eigenvalue weighted by Crippen LogP contribution is -2.19. The van der Waals surface area contributed by atoms with Gasteiger partial charge in [-0.2, -0.15) is 0 Å². The van der Waals surface area contributed by atoms with Gasteiger partial charge in [0.05, 0.1) is 0 Å². The predicted octanol–water partition coefficient (Wildman–Crippen LogP) is 14.7. The predicted molar refractivity (Wildman–Crippen MR) is 221 cm³/mol. The molecule has 0 atom stereocenters. The maximum atomic E-state index is 2.53. The molecule has 272 valence electrons. The monoisotopic (exact) mass is 665 g/mol. The first-order chi connectivity index (χ1) is 22.5. The summed E-state index contributed by atoms with van der Waals surface area (Å²) in [6, 6.07) is 14.1. The molecule has 2 aliphatic rings. The highest BCUT2D eigenvalue weighted by Crippen LogP contribution is 2.41. The number of benzene rings is 3. The van der Waals surface area contributed by atoms with Crippen molar-refractivity contribution in [1.82, 2.24) is 0 Å². The summed E-state index contributed by atoms with van der Waals surface area (Å²) in [6.07, 6.45) is 8.06. The molecule has 0 heterocycles. The summed E-state index contributed by atoms with van der Waals surface area (Å²) in [7, 11) is 0. The SMILES string of the molecule is CC(C)(C)c1c2c(cc3c1CCC3)CCC2.CC(C)c1cccc(C(C)C)c1C(C)(C)C.Cc1cc(C(C)C)c(C(C)(C)C)c(C(C)C)c1. The van der Waals surface area contributed by atoms with Crippen LogP contribution >= 0.6 is 0 Å². The Morgan fingerprint density at radius 3 is 1.06 bits per heavy atom. The third-order valence-electron chi connectivity index (χ3n) is 10.7. The van der Waals surface area contributed by atoms with Crippen LogP contribution in [0.1, 0.15) is 221 Å². The van der Waals surface area contributed by atoms with Crippen LogP contribution in [-0.2, 0) is 41.9 Å². The third kappa shape index (κ3) is 9.92. The smallest absolute Gasteiger partial charge is 0.0126 e. The van der Waals surface area contributed by atoms with E-state index in [9.17, 15) is 0 Å². The Labute approximate surface area is 305 Å². The molecule has 0 unspecified atom stereocenters. The van der Waals surface area contributed by atoms with Gasteiger partial charge in [0.25, 0.3) is 0 Å². The summed E-state index contributed by atoms with van der Waals surface area (Å²) in [4.78, 5) is 0. The van der Waals surface area contributed by atoms with Crippen LogP contribution in [-0.4, -0.2) is 0 Å². The van der Waals surface area contributed by atoms with Crippen molar-refractivity contribution < 1.29 is 0 Å². The Balaban J connectivity index is 0.000000199. The van der Waals surface area contributed by atoms with Crippen molar-refractivity contribution in [2.24, 2.45) is 0 Å². The van der Waals surface area contributed by atoms with Crippen LogP contribution in [0.25, 0.3) is 0 Å². The van der Waals surface area contributed by atoms with Crippen molar-refractivity contribution in [2.75, 3.05) is 0 Å². The standard InChI is InChI=1S/C17H28.C16H22.C16H26/c1-11(2)14-9-13(5)10-15(12(3)4)16(14)17(6,7)8;1-16(2,3)15-13-8-4-6-11(13)10-12-7-5-9-14(12)15;1-11(2)13-9-8-10-14(12(3)4)15(13)16(5,6)7/h9-12H,1-8H3;10H,4-9H2,1-3H3;8-12H,1-7H3. The van der Waals surface area contributed by atoms with E-state index in [1.54, 1.807) is 38.9 Å². The molecule has 0 aromatic heterocycles. The molecule has 0 N–H and O–H groups in total. The first kappa shape index (κ1) is 41.1. The van der Waals surface area contributed by atoms with Crippen LogP contribution in [0.4, 0.5) is 0 Å². The van der Waals surface area contributed by atoms with E-state index in [1.807, 2.05) is 0 Å². The van der Waals surface area contributed by atoms with Gasteiger partial charge in [-0.15, -0.1) is 0 Å². The minimum atomic E-state index is 0.229. The molecule has 0 aliphatic heterocycles. The maximum absolute atomic E-state index is 2.53. The highest BCUT2D eigenvalue weighted by Gasteiger charge is 2.30. The van der Waals surface area contributed by atoms with Crippen LogP contribution in [0.3, 0.4) is 0 Å². The lowest BCUT2D eigenvalue weighted by molar-refractivity contribution is 0.563. The molecule has 0 fully saturated rings. The average molecular weight is 665 g/mol. The summed E-state index contributed by atoms with van der Waals surface area (Å²) in [6.45, 7) is 41.7. The third-order valence-corrected chi connectivity index (χ3v) is 10.7. The molecule has 0 saturated carbocycles. The minimum Gasteiger partial charge on any atom is -0.0617 e. The Hall–Kier alpha value is -2.34.